The van der Waals surface area contributed by atoms with E-state index < -0.39 is 0 Å². The number of benzene rings is 1. The molecule has 2 heteroatoms. The SMILES string of the molecule is Cc1ccc(C(CN)N2CCC(C(C)(C)C)C2)c(C)c1. The van der Waals surface area contributed by atoms with Gasteiger partial charge in [0.1, 0.15) is 0 Å². The van der Waals surface area contributed by atoms with Crippen LogP contribution in [-0.4, -0.2) is 24.5 Å². The first-order valence-corrected chi connectivity index (χ1v) is 7.84. The lowest BCUT2D eigenvalue weighted by Gasteiger charge is -2.31. The Morgan fingerprint density at radius 2 is 2.00 bits per heavy atom. The number of aryl methyl sites for hydroxylation is 2. The van der Waals surface area contributed by atoms with Gasteiger partial charge in [-0.25, -0.2) is 0 Å². The average molecular weight is 274 g/mol. The van der Waals surface area contributed by atoms with Gasteiger partial charge in [-0.2, -0.15) is 0 Å². The fourth-order valence-electron chi connectivity index (χ4n) is 3.45. The molecule has 2 rings (SSSR count). The van der Waals surface area contributed by atoms with Crippen molar-refractivity contribution in [2.24, 2.45) is 17.1 Å². The molecule has 1 heterocycles. The van der Waals surface area contributed by atoms with Crippen molar-refractivity contribution in [1.82, 2.24) is 4.90 Å². The summed E-state index contributed by atoms with van der Waals surface area (Å²) in [6.45, 7) is 14.5. The second-order valence-electron chi connectivity index (χ2n) is 7.46. The molecule has 2 unspecified atom stereocenters. The maximum atomic E-state index is 6.10. The van der Waals surface area contributed by atoms with Gasteiger partial charge in [0.2, 0.25) is 0 Å². The van der Waals surface area contributed by atoms with Gasteiger partial charge in [-0.05, 0) is 49.3 Å². The molecule has 0 saturated carbocycles. The van der Waals surface area contributed by atoms with E-state index in [2.05, 4.69) is 57.7 Å². The third kappa shape index (κ3) is 3.24. The number of nitrogens with two attached hydrogens (primary N) is 1. The van der Waals surface area contributed by atoms with Crippen LogP contribution in [0, 0.1) is 25.2 Å². The molecule has 1 fully saturated rings. The second kappa shape index (κ2) is 5.87. The minimum absolute atomic E-state index is 0.378. The van der Waals surface area contributed by atoms with Crippen LogP contribution >= 0.6 is 0 Å². The Balaban J connectivity index is 2.17. The predicted molar refractivity (Wildman–Crippen MR) is 86.8 cm³/mol. The Bertz CT molecular complexity index is 459. The zero-order valence-electron chi connectivity index (χ0n) is 13.7. The Hall–Kier alpha value is -0.860. The zero-order chi connectivity index (χ0) is 14.9. The molecule has 112 valence electrons. The molecule has 2 atom stereocenters. The minimum Gasteiger partial charge on any atom is -0.329 e. The van der Waals surface area contributed by atoms with E-state index in [1.807, 2.05) is 0 Å². The van der Waals surface area contributed by atoms with Crippen molar-refractivity contribution in [3.8, 4) is 0 Å². The largest absolute Gasteiger partial charge is 0.329 e. The molecule has 1 aliphatic heterocycles. The molecule has 0 bridgehead atoms. The van der Waals surface area contributed by atoms with Crippen LogP contribution in [0.5, 0.6) is 0 Å². The zero-order valence-corrected chi connectivity index (χ0v) is 13.7. The van der Waals surface area contributed by atoms with E-state index in [0.717, 1.165) is 5.92 Å². The molecule has 2 N–H and O–H groups in total. The van der Waals surface area contributed by atoms with Gasteiger partial charge >= 0.3 is 0 Å². The van der Waals surface area contributed by atoms with Crippen LogP contribution in [0.15, 0.2) is 18.2 Å². The van der Waals surface area contributed by atoms with Gasteiger partial charge in [-0.3, -0.25) is 4.90 Å². The monoisotopic (exact) mass is 274 g/mol. The summed E-state index contributed by atoms with van der Waals surface area (Å²) < 4.78 is 0. The van der Waals surface area contributed by atoms with Crippen molar-refractivity contribution in [1.29, 1.82) is 0 Å². The van der Waals surface area contributed by atoms with Crippen LogP contribution in [0.3, 0.4) is 0 Å². The van der Waals surface area contributed by atoms with E-state index in [1.54, 1.807) is 0 Å². The van der Waals surface area contributed by atoms with Gasteiger partial charge < -0.3 is 5.73 Å². The molecule has 0 spiro atoms. The molecule has 0 aromatic heterocycles. The van der Waals surface area contributed by atoms with E-state index in [-0.39, 0.29) is 0 Å². The Morgan fingerprint density at radius 3 is 2.50 bits per heavy atom. The van der Waals surface area contributed by atoms with Crippen LogP contribution in [0.25, 0.3) is 0 Å². The number of likely N-dealkylation sites (tertiary alicyclic amines) is 1. The van der Waals surface area contributed by atoms with Gasteiger partial charge in [-0.1, -0.05) is 44.5 Å². The molecule has 0 amide bonds. The van der Waals surface area contributed by atoms with E-state index in [1.165, 1.54) is 36.2 Å². The fraction of sp³-hybridized carbons (Fsp3) is 0.667. The van der Waals surface area contributed by atoms with Crippen LogP contribution in [0.4, 0.5) is 0 Å². The average Bonchev–Trinajstić information content (AvgIpc) is 2.82. The molecular weight excluding hydrogens is 244 g/mol. The highest BCUT2D eigenvalue weighted by atomic mass is 15.2. The predicted octanol–water partition coefficient (Wildman–Crippen LogP) is 3.67. The van der Waals surface area contributed by atoms with Crippen LogP contribution in [-0.2, 0) is 0 Å². The van der Waals surface area contributed by atoms with Gasteiger partial charge in [0.05, 0.1) is 0 Å². The highest BCUT2D eigenvalue weighted by Gasteiger charge is 2.35. The number of hydrogen-bond acceptors (Lipinski definition) is 2. The maximum absolute atomic E-state index is 6.10. The molecule has 1 saturated heterocycles. The van der Waals surface area contributed by atoms with Gasteiger partial charge in [-0.15, -0.1) is 0 Å². The molecule has 0 aliphatic carbocycles. The highest BCUT2D eigenvalue weighted by molar-refractivity contribution is 5.33. The van der Waals surface area contributed by atoms with Crippen molar-refractivity contribution in [2.75, 3.05) is 19.6 Å². The van der Waals surface area contributed by atoms with Crippen LogP contribution < -0.4 is 5.73 Å². The molecule has 1 aliphatic rings. The van der Waals surface area contributed by atoms with Crippen molar-refractivity contribution >= 4 is 0 Å². The van der Waals surface area contributed by atoms with Crippen LogP contribution in [0.1, 0.15) is 49.9 Å². The third-order valence-corrected chi connectivity index (χ3v) is 4.89. The summed E-state index contributed by atoms with van der Waals surface area (Å²) in [7, 11) is 0. The van der Waals surface area contributed by atoms with Crippen molar-refractivity contribution in [3.63, 3.8) is 0 Å². The summed E-state index contributed by atoms with van der Waals surface area (Å²) in [5, 5.41) is 0. The Morgan fingerprint density at radius 1 is 1.30 bits per heavy atom. The van der Waals surface area contributed by atoms with Gasteiger partial charge in [0.15, 0.2) is 0 Å². The number of rotatable bonds is 3. The highest BCUT2D eigenvalue weighted by Crippen LogP contribution is 2.37. The lowest BCUT2D eigenvalue weighted by Crippen LogP contribution is -2.34. The quantitative estimate of drug-likeness (QED) is 0.911. The van der Waals surface area contributed by atoms with Crippen molar-refractivity contribution in [2.45, 2.75) is 47.1 Å². The smallest absolute Gasteiger partial charge is 0.0473 e. The molecule has 1 aromatic rings. The van der Waals surface area contributed by atoms with E-state index in [0.29, 0.717) is 18.0 Å². The summed E-state index contributed by atoms with van der Waals surface area (Å²) in [6.07, 6.45) is 1.30. The molecule has 20 heavy (non-hydrogen) atoms. The van der Waals surface area contributed by atoms with E-state index in [9.17, 15) is 0 Å². The Kier molecular flexibility index (Phi) is 4.55. The topological polar surface area (TPSA) is 29.3 Å². The summed E-state index contributed by atoms with van der Waals surface area (Å²) in [4.78, 5) is 2.59. The summed E-state index contributed by atoms with van der Waals surface area (Å²) in [5.74, 6) is 0.780. The lowest BCUT2D eigenvalue weighted by molar-refractivity contribution is 0.197. The second-order valence-corrected chi connectivity index (χ2v) is 7.46. The summed E-state index contributed by atoms with van der Waals surface area (Å²) in [6, 6.07) is 7.13. The van der Waals surface area contributed by atoms with Gasteiger partial charge in [0.25, 0.3) is 0 Å². The fourth-order valence-corrected chi connectivity index (χ4v) is 3.45. The standard InChI is InChI=1S/C18H30N2/c1-13-6-7-16(14(2)10-13)17(11-19)20-9-8-15(12-20)18(3,4)5/h6-7,10,15,17H,8-9,11-12,19H2,1-5H3. The molecule has 0 radical (unpaired) electrons. The lowest BCUT2D eigenvalue weighted by atomic mass is 9.80. The first-order chi connectivity index (χ1) is 9.32. The molecular formula is C18H30N2. The molecule has 2 nitrogen and oxygen atoms in total. The number of nitrogens with zero attached hydrogens (tertiary/aromatic N) is 1. The van der Waals surface area contributed by atoms with Gasteiger partial charge in [0, 0.05) is 19.1 Å². The summed E-state index contributed by atoms with van der Waals surface area (Å²) >= 11 is 0. The van der Waals surface area contributed by atoms with Crippen LogP contribution in [0.2, 0.25) is 0 Å². The number of hydrogen-bond donors (Lipinski definition) is 1. The Labute approximate surface area is 124 Å². The third-order valence-electron chi connectivity index (χ3n) is 4.89. The normalized spacial score (nSPS) is 22.2. The summed E-state index contributed by atoms with van der Waals surface area (Å²) in [5.41, 5.74) is 10.6. The first kappa shape index (κ1) is 15.5. The first-order valence-electron chi connectivity index (χ1n) is 7.84. The maximum Gasteiger partial charge on any atom is 0.0473 e. The van der Waals surface area contributed by atoms with Crippen molar-refractivity contribution < 1.29 is 0 Å². The minimum atomic E-state index is 0.378. The van der Waals surface area contributed by atoms with E-state index >= 15 is 0 Å². The van der Waals surface area contributed by atoms with Crippen molar-refractivity contribution in [3.05, 3.63) is 34.9 Å². The van der Waals surface area contributed by atoms with E-state index in [4.69, 9.17) is 5.73 Å². The molecule has 1 aromatic carbocycles.